The molecule has 0 unspecified atom stereocenters. The van der Waals surface area contributed by atoms with E-state index in [1.807, 2.05) is 6.92 Å². The predicted octanol–water partition coefficient (Wildman–Crippen LogP) is 3.21. The standard InChI is InChI=1S/C18H20ClN3O3/c1-12-15(19)4-3-5-16(12)22-18(24)21-11-10-20-17(23)13-6-8-14(25-2)9-7-13/h3-9H,10-11H2,1-2H3,(H,20,23)(H2,21,22,24). The molecule has 0 fully saturated rings. The van der Waals surface area contributed by atoms with Crippen molar-refractivity contribution < 1.29 is 14.3 Å². The quantitative estimate of drug-likeness (QED) is 0.691. The number of carbonyl (C=O) groups excluding carboxylic acids is 2. The molecule has 0 atom stereocenters. The molecule has 0 heterocycles. The molecule has 0 aliphatic carbocycles. The van der Waals surface area contributed by atoms with E-state index in [9.17, 15) is 9.59 Å². The van der Waals surface area contributed by atoms with Gasteiger partial charge in [-0.1, -0.05) is 17.7 Å². The fraction of sp³-hybridized carbons (Fsp3) is 0.222. The lowest BCUT2D eigenvalue weighted by Gasteiger charge is -2.11. The van der Waals surface area contributed by atoms with E-state index >= 15 is 0 Å². The van der Waals surface area contributed by atoms with Crippen molar-refractivity contribution >= 4 is 29.2 Å². The Labute approximate surface area is 151 Å². The van der Waals surface area contributed by atoms with E-state index in [-0.39, 0.29) is 11.9 Å². The van der Waals surface area contributed by atoms with Gasteiger partial charge >= 0.3 is 6.03 Å². The Morgan fingerprint density at radius 2 is 1.72 bits per heavy atom. The maximum absolute atomic E-state index is 12.0. The molecule has 6 nitrogen and oxygen atoms in total. The van der Waals surface area contributed by atoms with Gasteiger partial charge in [-0.05, 0) is 48.9 Å². The van der Waals surface area contributed by atoms with E-state index < -0.39 is 0 Å². The van der Waals surface area contributed by atoms with Crippen molar-refractivity contribution in [2.24, 2.45) is 0 Å². The van der Waals surface area contributed by atoms with E-state index in [1.54, 1.807) is 49.6 Å². The van der Waals surface area contributed by atoms with Crippen LogP contribution in [0.2, 0.25) is 5.02 Å². The Kier molecular flexibility index (Phi) is 6.65. The molecular formula is C18H20ClN3O3. The predicted molar refractivity (Wildman–Crippen MR) is 98.5 cm³/mol. The number of hydrogen-bond donors (Lipinski definition) is 3. The molecule has 0 spiro atoms. The van der Waals surface area contributed by atoms with Crippen LogP contribution in [-0.2, 0) is 0 Å². The fourth-order valence-corrected chi connectivity index (χ4v) is 2.28. The van der Waals surface area contributed by atoms with E-state index in [4.69, 9.17) is 16.3 Å². The first-order valence-corrected chi connectivity index (χ1v) is 8.11. The second kappa shape index (κ2) is 8.94. The Balaban J connectivity index is 1.73. The average Bonchev–Trinajstić information content (AvgIpc) is 2.62. The first-order chi connectivity index (χ1) is 12.0. The first-order valence-electron chi connectivity index (χ1n) is 7.73. The van der Waals surface area contributed by atoms with Crippen molar-refractivity contribution in [3.63, 3.8) is 0 Å². The molecule has 0 aliphatic rings. The highest BCUT2D eigenvalue weighted by atomic mass is 35.5. The first kappa shape index (κ1) is 18.6. The van der Waals surface area contributed by atoms with Crippen LogP contribution in [0.15, 0.2) is 42.5 Å². The number of benzene rings is 2. The molecule has 0 radical (unpaired) electrons. The van der Waals surface area contributed by atoms with Crippen molar-refractivity contribution in [2.45, 2.75) is 6.92 Å². The number of urea groups is 1. The van der Waals surface area contributed by atoms with Crippen LogP contribution in [-0.4, -0.2) is 32.1 Å². The fourth-order valence-electron chi connectivity index (χ4n) is 2.11. The lowest BCUT2D eigenvalue weighted by atomic mass is 10.2. The molecule has 2 aromatic rings. The molecular weight excluding hydrogens is 342 g/mol. The zero-order valence-corrected chi connectivity index (χ0v) is 14.8. The normalized spacial score (nSPS) is 10.0. The van der Waals surface area contributed by atoms with Gasteiger partial charge in [0.1, 0.15) is 5.75 Å². The number of halogens is 1. The number of methoxy groups -OCH3 is 1. The Bertz CT molecular complexity index is 748. The van der Waals surface area contributed by atoms with E-state index in [2.05, 4.69) is 16.0 Å². The van der Waals surface area contributed by atoms with Crippen molar-refractivity contribution in [2.75, 3.05) is 25.5 Å². The van der Waals surface area contributed by atoms with Crippen LogP contribution in [0.5, 0.6) is 5.75 Å². The summed E-state index contributed by atoms with van der Waals surface area (Å²) >= 11 is 6.01. The third-order valence-corrected chi connectivity index (χ3v) is 3.97. The lowest BCUT2D eigenvalue weighted by Crippen LogP contribution is -2.36. The molecule has 2 aromatic carbocycles. The average molecular weight is 362 g/mol. The minimum atomic E-state index is -0.357. The summed E-state index contributed by atoms with van der Waals surface area (Å²) in [7, 11) is 1.57. The van der Waals surface area contributed by atoms with Crippen molar-refractivity contribution in [1.82, 2.24) is 10.6 Å². The Morgan fingerprint density at radius 1 is 1.04 bits per heavy atom. The molecule has 25 heavy (non-hydrogen) atoms. The SMILES string of the molecule is COc1ccc(C(=O)NCCNC(=O)Nc2cccc(Cl)c2C)cc1. The highest BCUT2D eigenvalue weighted by Gasteiger charge is 2.07. The van der Waals surface area contributed by atoms with Crippen LogP contribution in [0.4, 0.5) is 10.5 Å². The van der Waals surface area contributed by atoms with Gasteiger partial charge in [0, 0.05) is 29.4 Å². The zero-order valence-electron chi connectivity index (χ0n) is 14.1. The molecule has 0 bridgehead atoms. The van der Waals surface area contributed by atoms with E-state index in [0.29, 0.717) is 35.1 Å². The molecule has 0 saturated heterocycles. The van der Waals surface area contributed by atoms with Gasteiger partial charge in [-0.15, -0.1) is 0 Å². The van der Waals surface area contributed by atoms with Gasteiger partial charge in [0.2, 0.25) is 0 Å². The molecule has 3 amide bonds. The summed E-state index contributed by atoms with van der Waals surface area (Å²) in [6.45, 7) is 2.44. The smallest absolute Gasteiger partial charge is 0.319 e. The lowest BCUT2D eigenvalue weighted by molar-refractivity contribution is 0.0954. The number of nitrogens with one attached hydrogen (secondary N) is 3. The van der Waals surface area contributed by atoms with Gasteiger partial charge in [0.05, 0.1) is 7.11 Å². The van der Waals surface area contributed by atoms with Crippen molar-refractivity contribution in [3.05, 3.63) is 58.6 Å². The molecule has 7 heteroatoms. The summed E-state index contributed by atoms with van der Waals surface area (Å²) in [5, 5.41) is 8.72. The number of anilines is 1. The Morgan fingerprint density at radius 3 is 2.40 bits per heavy atom. The minimum absolute atomic E-state index is 0.212. The van der Waals surface area contributed by atoms with Crippen LogP contribution < -0.4 is 20.7 Å². The van der Waals surface area contributed by atoms with Gasteiger partial charge in [-0.2, -0.15) is 0 Å². The largest absolute Gasteiger partial charge is 0.497 e. The Hall–Kier alpha value is -2.73. The van der Waals surface area contributed by atoms with Crippen molar-refractivity contribution in [3.8, 4) is 5.75 Å². The van der Waals surface area contributed by atoms with Gasteiger partial charge in [-0.25, -0.2) is 4.79 Å². The van der Waals surface area contributed by atoms with Crippen LogP contribution >= 0.6 is 11.6 Å². The van der Waals surface area contributed by atoms with E-state index in [1.165, 1.54) is 0 Å². The van der Waals surface area contributed by atoms with Crippen molar-refractivity contribution in [1.29, 1.82) is 0 Å². The number of hydrogen-bond acceptors (Lipinski definition) is 3. The van der Waals surface area contributed by atoms with Gasteiger partial charge in [0.25, 0.3) is 5.91 Å². The maximum Gasteiger partial charge on any atom is 0.319 e. The van der Waals surface area contributed by atoms with Gasteiger partial charge < -0.3 is 20.7 Å². The third kappa shape index (κ3) is 5.39. The topological polar surface area (TPSA) is 79.5 Å². The highest BCUT2D eigenvalue weighted by Crippen LogP contribution is 2.22. The van der Waals surface area contributed by atoms with Gasteiger partial charge in [0.15, 0.2) is 0 Å². The summed E-state index contributed by atoms with van der Waals surface area (Å²) in [6.07, 6.45) is 0. The second-order valence-electron chi connectivity index (χ2n) is 5.28. The zero-order chi connectivity index (χ0) is 18.2. The van der Waals surface area contributed by atoms with Crippen LogP contribution in [0.1, 0.15) is 15.9 Å². The highest BCUT2D eigenvalue weighted by molar-refractivity contribution is 6.31. The summed E-state index contributed by atoms with van der Waals surface area (Å²) in [4.78, 5) is 23.8. The minimum Gasteiger partial charge on any atom is -0.497 e. The summed E-state index contributed by atoms with van der Waals surface area (Å²) < 4.78 is 5.04. The molecule has 3 N–H and O–H groups in total. The second-order valence-corrected chi connectivity index (χ2v) is 5.68. The molecule has 132 valence electrons. The van der Waals surface area contributed by atoms with Crippen LogP contribution in [0.25, 0.3) is 0 Å². The summed E-state index contributed by atoms with van der Waals surface area (Å²) in [5.74, 6) is 0.474. The molecule has 0 aromatic heterocycles. The number of carbonyl (C=O) groups is 2. The van der Waals surface area contributed by atoms with Gasteiger partial charge in [-0.3, -0.25) is 4.79 Å². The van der Waals surface area contributed by atoms with Crippen LogP contribution in [0.3, 0.4) is 0 Å². The summed E-state index contributed by atoms with van der Waals surface area (Å²) in [6, 6.07) is 11.7. The molecule has 0 saturated carbocycles. The molecule has 0 aliphatic heterocycles. The third-order valence-electron chi connectivity index (χ3n) is 3.56. The number of ether oxygens (including phenoxy) is 1. The van der Waals surface area contributed by atoms with Crippen LogP contribution in [0, 0.1) is 6.92 Å². The van der Waals surface area contributed by atoms with E-state index in [0.717, 1.165) is 5.56 Å². The monoisotopic (exact) mass is 361 g/mol. The number of amides is 3. The summed E-state index contributed by atoms with van der Waals surface area (Å²) in [5.41, 5.74) is 1.97. The maximum atomic E-state index is 12.0. The number of rotatable bonds is 6. The molecule has 2 rings (SSSR count).